The van der Waals surface area contributed by atoms with Gasteiger partial charge in [-0.1, -0.05) is 33.1 Å². The van der Waals surface area contributed by atoms with E-state index in [4.69, 9.17) is 4.74 Å². The Kier molecular flexibility index (Phi) is 5.30. The Morgan fingerprint density at radius 3 is 2.33 bits per heavy atom. The molecule has 0 spiro atoms. The Bertz CT molecular complexity index is 193. The van der Waals surface area contributed by atoms with Gasteiger partial charge in [0.25, 0.3) is 0 Å². The van der Waals surface area contributed by atoms with Gasteiger partial charge in [0.1, 0.15) is 6.10 Å². The molecule has 0 aromatic rings. The lowest BCUT2D eigenvalue weighted by molar-refractivity contribution is -0.133. The Morgan fingerprint density at radius 1 is 1.27 bits per heavy atom. The van der Waals surface area contributed by atoms with Gasteiger partial charge in [-0.2, -0.15) is 0 Å². The van der Waals surface area contributed by atoms with Crippen molar-refractivity contribution >= 4 is 5.78 Å². The van der Waals surface area contributed by atoms with Crippen LogP contribution in [0.1, 0.15) is 52.9 Å². The minimum Gasteiger partial charge on any atom is -0.370 e. The van der Waals surface area contributed by atoms with Gasteiger partial charge in [-0.15, -0.1) is 0 Å². The van der Waals surface area contributed by atoms with E-state index in [1.165, 1.54) is 32.1 Å². The monoisotopic (exact) mass is 212 g/mol. The second-order valence-electron chi connectivity index (χ2n) is 5.16. The third-order valence-electron chi connectivity index (χ3n) is 3.09. The van der Waals surface area contributed by atoms with Crippen molar-refractivity contribution in [3.8, 4) is 0 Å². The minimum atomic E-state index is -0.132. The summed E-state index contributed by atoms with van der Waals surface area (Å²) in [5.41, 5.74) is 0. The zero-order chi connectivity index (χ0) is 11.3. The molecule has 0 heterocycles. The fraction of sp³-hybridized carbons (Fsp3) is 0.923. The van der Waals surface area contributed by atoms with Crippen LogP contribution < -0.4 is 0 Å². The maximum atomic E-state index is 11.5. The highest BCUT2D eigenvalue weighted by molar-refractivity contribution is 5.80. The standard InChI is InChI=1S/C13H24O2/c1-10(2)9-15-13(11(3)14)12-7-5-4-6-8-12/h10,12-13H,4-9H2,1-3H3. The topological polar surface area (TPSA) is 26.3 Å². The van der Waals surface area contributed by atoms with Gasteiger partial charge in [-0.25, -0.2) is 0 Å². The fourth-order valence-corrected chi connectivity index (χ4v) is 2.32. The lowest BCUT2D eigenvalue weighted by Gasteiger charge is -2.29. The Morgan fingerprint density at radius 2 is 1.87 bits per heavy atom. The Balaban J connectivity index is 2.44. The quantitative estimate of drug-likeness (QED) is 0.699. The molecule has 0 aromatic carbocycles. The second-order valence-corrected chi connectivity index (χ2v) is 5.16. The van der Waals surface area contributed by atoms with E-state index in [-0.39, 0.29) is 11.9 Å². The maximum Gasteiger partial charge on any atom is 0.158 e. The predicted octanol–water partition coefficient (Wildman–Crippen LogP) is 3.20. The molecule has 88 valence electrons. The number of rotatable bonds is 5. The van der Waals surface area contributed by atoms with E-state index < -0.39 is 0 Å². The molecule has 1 fully saturated rings. The first kappa shape index (κ1) is 12.7. The zero-order valence-electron chi connectivity index (χ0n) is 10.3. The van der Waals surface area contributed by atoms with Crippen molar-refractivity contribution in [1.82, 2.24) is 0 Å². The molecular weight excluding hydrogens is 188 g/mol. The summed E-state index contributed by atoms with van der Waals surface area (Å²) in [6.45, 7) is 6.62. The van der Waals surface area contributed by atoms with Crippen molar-refractivity contribution in [1.29, 1.82) is 0 Å². The van der Waals surface area contributed by atoms with Crippen molar-refractivity contribution in [3.05, 3.63) is 0 Å². The number of carbonyl (C=O) groups is 1. The number of carbonyl (C=O) groups excluding carboxylic acids is 1. The van der Waals surface area contributed by atoms with Crippen LogP contribution in [0.15, 0.2) is 0 Å². The highest BCUT2D eigenvalue weighted by atomic mass is 16.5. The molecule has 0 N–H and O–H groups in total. The van der Waals surface area contributed by atoms with E-state index >= 15 is 0 Å². The van der Waals surface area contributed by atoms with E-state index in [2.05, 4.69) is 13.8 Å². The van der Waals surface area contributed by atoms with Gasteiger partial charge >= 0.3 is 0 Å². The van der Waals surface area contributed by atoms with Crippen LogP contribution in [-0.2, 0) is 9.53 Å². The molecule has 1 saturated carbocycles. The summed E-state index contributed by atoms with van der Waals surface area (Å²) >= 11 is 0. The SMILES string of the molecule is CC(=O)C(OCC(C)C)C1CCCCC1. The molecule has 0 aliphatic heterocycles. The highest BCUT2D eigenvalue weighted by Gasteiger charge is 2.27. The van der Waals surface area contributed by atoms with Gasteiger partial charge in [-0.3, -0.25) is 4.79 Å². The van der Waals surface area contributed by atoms with Crippen LogP contribution in [0.4, 0.5) is 0 Å². The normalized spacial score (nSPS) is 20.5. The molecular formula is C13H24O2. The van der Waals surface area contributed by atoms with Crippen molar-refractivity contribution in [2.24, 2.45) is 11.8 Å². The average Bonchev–Trinajstić information content (AvgIpc) is 2.18. The first-order valence-electron chi connectivity index (χ1n) is 6.23. The van der Waals surface area contributed by atoms with Gasteiger partial charge in [0.15, 0.2) is 5.78 Å². The number of Topliss-reactive ketones (excluding diaryl/α,β-unsaturated/α-hetero) is 1. The number of ether oxygens (including phenoxy) is 1. The van der Waals surface area contributed by atoms with Crippen LogP contribution in [0.5, 0.6) is 0 Å². The average molecular weight is 212 g/mol. The van der Waals surface area contributed by atoms with Crippen LogP contribution in [0, 0.1) is 11.8 Å². The molecule has 1 unspecified atom stereocenters. The largest absolute Gasteiger partial charge is 0.370 e. The van der Waals surface area contributed by atoms with Crippen LogP contribution >= 0.6 is 0 Å². The molecule has 0 saturated heterocycles. The van der Waals surface area contributed by atoms with E-state index in [0.29, 0.717) is 18.4 Å². The van der Waals surface area contributed by atoms with Gasteiger partial charge in [-0.05, 0) is 31.6 Å². The van der Waals surface area contributed by atoms with Crippen molar-refractivity contribution < 1.29 is 9.53 Å². The first-order valence-corrected chi connectivity index (χ1v) is 6.23. The second kappa shape index (κ2) is 6.26. The number of hydrogen-bond acceptors (Lipinski definition) is 2. The molecule has 0 bridgehead atoms. The summed E-state index contributed by atoms with van der Waals surface area (Å²) in [6.07, 6.45) is 6.06. The highest BCUT2D eigenvalue weighted by Crippen LogP contribution is 2.28. The molecule has 0 radical (unpaired) electrons. The Hall–Kier alpha value is -0.370. The maximum absolute atomic E-state index is 11.5. The van der Waals surface area contributed by atoms with E-state index in [9.17, 15) is 4.79 Å². The molecule has 1 aliphatic rings. The zero-order valence-corrected chi connectivity index (χ0v) is 10.3. The summed E-state index contributed by atoms with van der Waals surface area (Å²) in [5.74, 6) is 1.20. The molecule has 2 heteroatoms. The van der Waals surface area contributed by atoms with Gasteiger partial charge in [0.05, 0.1) is 0 Å². The lowest BCUT2D eigenvalue weighted by Crippen LogP contribution is -2.33. The van der Waals surface area contributed by atoms with Crippen LogP contribution in [0.2, 0.25) is 0 Å². The molecule has 1 atom stereocenters. The summed E-state index contributed by atoms with van der Waals surface area (Å²) in [6, 6.07) is 0. The molecule has 1 rings (SSSR count). The summed E-state index contributed by atoms with van der Waals surface area (Å²) in [7, 11) is 0. The number of ketones is 1. The summed E-state index contributed by atoms with van der Waals surface area (Å²) < 4.78 is 5.75. The molecule has 15 heavy (non-hydrogen) atoms. The van der Waals surface area contributed by atoms with E-state index in [1.54, 1.807) is 6.92 Å². The van der Waals surface area contributed by atoms with Crippen LogP contribution in [-0.4, -0.2) is 18.5 Å². The first-order chi connectivity index (χ1) is 7.11. The third kappa shape index (κ3) is 4.33. The molecule has 1 aliphatic carbocycles. The van der Waals surface area contributed by atoms with Gasteiger partial charge < -0.3 is 4.74 Å². The summed E-state index contributed by atoms with van der Waals surface area (Å²) in [4.78, 5) is 11.5. The third-order valence-corrected chi connectivity index (χ3v) is 3.09. The fourth-order valence-electron chi connectivity index (χ4n) is 2.32. The van der Waals surface area contributed by atoms with Crippen molar-refractivity contribution in [3.63, 3.8) is 0 Å². The van der Waals surface area contributed by atoms with Crippen LogP contribution in [0.25, 0.3) is 0 Å². The number of hydrogen-bond donors (Lipinski definition) is 0. The lowest BCUT2D eigenvalue weighted by atomic mass is 9.84. The van der Waals surface area contributed by atoms with Crippen molar-refractivity contribution in [2.75, 3.05) is 6.61 Å². The molecule has 0 aromatic heterocycles. The van der Waals surface area contributed by atoms with E-state index in [0.717, 1.165) is 0 Å². The minimum absolute atomic E-state index is 0.132. The Labute approximate surface area is 93.4 Å². The van der Waals surface area contributed by atoms with Gasteiger partial charge in [0, 0.05) is 6.61 Å². The van der Waals surface area contributed by atoms with Crippen molar-refractivity contribution in [2.45, 2.75) is 59.0 Å². The predicted molar refractivity (Wildman–Crippen MR) is 61.8 cm³/mol. The summed E-state index contributed by atoms with van der Waals surface area (Å²) in [5, 5.41) is 0. The molecule has 0 amide bonds. The van der Waals surface area contributed by atoms with E-state index in [1.807, 2.05) is 0 Å². The smallest absolute Gasteiger partial charge is 0.158 e. The molecule has 2 nitrogen and oxygen atoms in total. The van der Waals surface area contributed by atoms with Gasteiger partial charge in [0.2, 0.25) is 0 Å². The van der Waals surface area contributed by atoms with Crippen LogP contribution in [0.3, 0.4) is 0 Å².